The van der Waals surface area contributed by atoms with Crippen molar-refractivity contribution in [1.29, 1.82) is 0 Å². The number of fused-ring (bicyclic) bond motifs is 3. The molecule has 5 nitrogen and oxygen atoms in total. The predicted molar refractivity (Wildman–Crippen MR) is 85.4 cm³/mol. The van der Waals surface area contributed by atoms with Crippen molar-refractivity contribution < 1.29 is 27.8 Å². The van der Waals surface area contributed by atoms with Gasteiger partial charge in [-0.2, -0.15) is 5.10 Å². The fraction of sp³-hybridized carbons (Fsp3) is 0.111. The second-order valence-electron chi connectivity index (χ2n) is 5.80. The Labute approximate surface area is 145 Å². The van der Waals surface area contributed by atoms with Crippen molar-refractivity contribution in [2.24, 2.45) is 0 Å². The monoisotopic (exact) mass is 360 g/mol. The van der Waals surface area contributed by atoms with Crippen LogP contribution in [-0.2, 0) is 6.42 Å². The largest absolute Gasteiger partial charge is 0.573 e. The number of ether oxygens (including phenoxy) is 1. The van der Waals surface area contributed by atoms with Crippen LogP contribution < -0.4 is 4.74 Å². The predicted octanol–water partition coefficient (Wildman–Crippen LogP) is 4.04. The van der Waals surface area contributed by atoms with Crippen LogP contribution in [0.15, 0.2) is 48.7 Å². The van der Waals surface area contributed by atoms with Crippen LogP contribution in [0.4, 0.5) is 13.2 Å². The van der Waals surface area contributed by atoms with E-state index in [4.69, 9.17) is 0 Å². The summed E-state index contributed by atoms with van der Waals surface area (Å²) in [5.74, 6) is -1.29. The lowest BCUT2D eigenvalue weighted by molar-refractivity contribution is -0.274. The average Bonchev–Trinajstić information content (AvgIpc) is 3.11. The summed E-state index contributed by atoms with van der Waals surface area (Å²) in [6, 6.07) is 10.4. The van der Waals surface area contributed by atoms with Crippen LogP contribution in [-0.4, -0.2) is 27.2 Å². The average molecular weight is 360 g/mol. The smallest absolute Gasteiger partial charge is 0.478 e. The Morgan fingerprint density at radius 1 is 1.15 bits per heavy atom. The van der Waals surface area contributed by atoms with Crippen LogP contribution >= 0.6 is 0 Å². The highest BCUT2D eigenvalue weighted by atomic mass is 19.4. The van der Waals surface area contributed by atoms with Gasteiger partial charge in [-0.25, -0.2) is 9.48 Å². The van der Waals surface area contributed by atoms with E-state index in [0.29, 0.717) is 17.8 Å². The summed E-state index contributed by atoms with van der Waals surface area (Å²) in [6.45, 7) is 0. The molecule has 0 fully saturated rings. The number of carbonyl (C=O) groups is 1. The second kappa shape index (κ2) is 5.62. The van der Waals surface area contributed by atoms with Crippen molar-refractivity contribution in [3.05, 3.63) is 65.4 Å². The van der Waals surface area contributed by atoms with Crippen molar-refractivity contribution in [2.45, 2.75) is 12.8 Å². The van der Waals surface area contributed by atoms with Gasteiger partial charge in [-0.15, -0.1) is 13.2 Å². The molecule has 132 valence electrons. The summed E-state index contributed by atoms with van der Waals surface area (Å²) in [7, 11) is 0. The fourth-order valence-corrected chi connectivity index (χ4v) is 3.09. The lowest BCUT2D eigenvalue weighted by Gasteiger charge is -2.09. The zero-order valence-corrected chi connectivity index (χ0v) is 13.1. The third kappa shape index (κ3) is 2.79. The first-order valence-electron chi connectivity index (χ1n) is 7.62. The van der Waals surface area contributed by atoms with Crippen molar-refractivity contribution in [3.63, 3.8) is 0 Å². The Morgan fingerprint density at radius 3 is 2.54 bits per heavy atom. The van der Waals surface area contributed by atoms with Gasteiger partial charge in [0.1, 0.15) is 5.75 Å². The van der Waals surface area contributed by atoms with E-state index in [9.17, 15) is 23.1 Å². The van der Waals surface area contributed by atoms with E-state index in [1.165, 1.54) is 24.3 Å². The molecule has 0 radical (unpaired) electrons. The molecule has 2 aromatic carbocycles. The summed E-state index contributed by atoms with van der Waals surface area (Å²) in [5, 5.41) is 13.8. The molecule has 0 unspecified atom stereocenters. The Bertz CT molecular complexity index is 1010. The molecule has 0 atom stereocenters. The van der Waals surface area contributed by atoms with Gasteiger partial charge in [0.2, 0.25) is 0 Å². The summed E-state index contributed by atoms with van der Waals surface area (Å²) < 4.78 is 42.1. The van der Waals surface area contributed by atoms with E-state index >= 15 is 0 Å². The molecule has 0 bridgehead atoms. The molecule has 8 heteroatoms. The maximum Gasteiger partial charge on any atom is 0.573 e. The number of carboxylic acids is 1. The van der Waals surface area contributed by atoms with Gasteiger partial charge in [-0.05, 0) is 35.9 Å². The van der Waals surface area contributed by atoms with Crippen molar-refractivity contribution in [2.75, 3.05) is 0 Å². The molecule has 0 amide bonds. The van der Waals surface area contributed by atoms with Gasteiger partial charge in [0, 0.05) is 23.7 Å². The van der Waals surface area contributed by atoms with Gasteiger partial charge < -0.3 is 9.84 Å². The van der Waals surface area contributed by atoms with Gasteiger partial charge in [0.15, 0.2) is 0 Å². The fourth-order valence-electron chi connectivity index (χ4n) is 3.09. The van der Waals surface area contributed by atoms with Crippen LogP contribution in [0.5, 0.6) is 5.75 Å². The highest BCUT2D eigenvalue weighted by Crippen LogP contribution is 2.38. The first-order chi connectivity index (χ1) is 12.3. The molecule has 4 rings (SSSR count). The van der Waals surface area contributed by atoms with Crippen LogP contribution in [0.1, 0.15) is 21.5 Å². The van der Waals surface area contributed by atoms with E-state index in [0.717, 1.165) is 16.7 Å². The van der Waals surface area contributed by atoms with Crippen molar-refractivity contribution in [1.82, 2.24) is 9.78 Å². The first-order valence-corrected chi connectivity index (χ1v) is 7.62. The normalized spacial score (nSPS) is 12.6. The van der Waals surface area contributed by atoms with Crippen LogP contribution in [0.25, 0.3) is 16.9 Å². The SMILES string of the molecule is O=C(O)c1cccc2c1Cc1cn(-c3ccc(OC(F)(F)F)cc3)nc1-2. The lowest BCUT2D eigenvalue weighted by atomic mass is 10.0. The minimum atomic E-state index is -4.74. The first kappa shape index (κ1) is 16.2. The highest BCUT2D eigenvalue weighted by Gasteiger charge is 2.31. The zero-order valence-electron chi connectivity index (χ0n) is 13.1. The molecule has 1 aromatic heterocycles. The molecule has 0 aliphatic heterocycles. The summed E-state index contributed by atoms with van der Waals surface area (Å²) in [5.41, 5.74) is 3.85. The topological polar surface area (TPSA) is 64.3 Å². The number of carboxylic acid groups (broad SMARTS) is 1. The van der Waals surface area contributed by atoms with E-state index in [2.05, 4.69) is 9.84 Å². The molecule has 1 N–H and O–H groups in total. The molecule has 1 aliphatic rings. The molecular weight excluding hydrogens is 349 g/mol. The number of rotatable bonds is 3. The minimum absolute atomic E-state index is 0.251. The minimum Gasteiger partial charge on any atom is -0.478 e. The van der Waals surface area contributed by atoms with E-state index in [1.54, 1.807) is 23.0 Å². The molecule has 26 heavy (non-hydrogen) atoms. The number of hydrogen-bond donors (Lipinski definition) is 1. The lowest BCUT2D eigenvalue weighted by Crippen LogP contribution is -2.17. The van der Waals surface area contributed by atoms with Gasteiger partial charge in [0.05, 0.1) is 16.9 Å². The molecule has 1 heterocycles. The summed E-state index contributed by atoms with van der Waals surface area (Å²) in [6.07, 6.45) is -2.54. The van der Waals surface area contributed by atoms with E-state index in [1.807, 2.05) is 6.07 Å². The highest BCUT2D eigenvalue weighted by molar-refractivity contribution is 5.93. The maximum absolute atomic E-state index is 12.2. The summed E-state index contributed by atoms with van der Waals surface area (Å²) in [4.78, 5) is 11.3. The molecular formula is C18H11F3N2O3. The summed E-state index contributed by atoms with van der Waals surface area (Å²) >= 11 is 0. The second-order valence-corrected chi connectivity index (χ2v) is 5.80. The van der Waals surface area contributed by atoms with Crippen LogP contribution in [0, 0.1) is 0 Å². The van der Waals surface area contributed by atoms with Crippen molar-refractivity contribution in [3.8, 4) is 22.7 Å². The van der Waals surface area contributed by atoms with Crippen LogP contribution in [0.3, 0.4) is 0 Å². The number of halogens is 3. The number of nitrogens with zero attached hydrogens (tertiary/aromatic N) is 2. The Balaban J connectivity index is 1.66. The molecule has 0 saturated carbocycles. The van der Waals surface area contributed by atoms with Gasteiger partial charge >= 0.3 is 12.3 Å². The Hall–Kier alpha value is -3.29. The van der Waals surface area contributed by atoms with Crippen molar-refractivity contribution >= 4 is 5.97 Å². The zero-order chi connectivity index (χ0) is 18.5. The number of hydrogen-bond acceptors (Lipinski definition) is 3. The van der Waals surface area contributed by atoms with Gasteiger partial charge in [-0.1, -0.05) is 12.1 Å². The Kier molecular flexibility index (Phi) is 3.50. The van der Waals surface area contributed by atoms with Gasteiger partial charge in [-0.3, -0.25) is 0 Å². The number of alkyl halides is 3. The molecule has 0 saturated heterocycles. The Morgan fingerprint density at radius 2 is 1.88 bits per heavy atom. The molecule has 0 spiro atoms. The molecule has 1 aliphatic carbocycles. The maximum atomic E-state index is 12.2. The van der Waals surface area contributed by atoms with E-state index in [-0.39, 0.29) is 11.3 Å². The number of aromatic nitrogens is 2. The quantitative estimate of drug-likeness (QED) is 0.599. The van der Waals surface area contributed by atoms with Gasteiger partial charge in [0.25, 0.3) is 0 Å². The van der Waals surface area contributed by atoms with Crippen LogP contribution in [0.2, 0.25) is 0 Å². The standard InChI is InChI=1S/C18H11F3N2O3/c19-18(20,21)26-12-6-4-11(5-7-12)23-9-10-8-15-13(16(10)22-23)2-1-3-14(15)17(24)25/h1-7,9H,8H2,(H,24,25). The molecule has 3 aromatic rings. The number of aromatic carboxylic acids is 1. The number of benzene rings is 2. The third-order valence-corrected chi connectivity index (χ3v) is 4.15. The third-order valence-electron chi connectivity index (χ3n) is 4.15. The van der Waals surface area contributed by atoms with E-state index < -0.39 is 12.3 Å².